The van der Waals surface area contributed by atoms with Crippen LogP contribution in [-0.2, 0) is 23.8 Å². The minimum atomic E-state index is -0.555. The van der Waals surface area contributed by atoms with E-state index in [1.165, 1.54) is 83.5 Å². The Morgan fingerprint density at radius 1 is 0.393 bits per heavy atom. The Kier molecular flexibility index (Phi) is 44.5. The highest BCUT2D eigenvalue weighted by atomic mass is 16.6. The van der Waals surface area contributed by atoms with Gasteiger partial charge in [0.15, 0.2) is 6.10 Å². The summed E-state index contributed by atoms with van der Waals surface area (Å²) >= 11 is 0. The Hall–Kier alpha value is -2.66. The van der Waals surface area contributed by atoms with Crippen LogP contribution in [0.5, 0.6) is 0 Å². The Balaban J connectivity index is 4.33. The van der Waals surface area contributed by atoms with Crippen LogP contribution in [0, 0.1) is 0 Å². The van der Waals surface area contributed by atoms with Gasteiger partial charge in [0, 0.05) is 19.4 Å². The van der Waals surface area contributed by atoms with Crippen LogP contribution in [0.15, 0.2) is 72.9 Å². The van der Waals surface area contributed by atoms with Crippen LogP contribution in [0.4, 0.5) is 0 Å². The van der Waals surface area contributed by atoms with Gasteiger partial charge in [-0.3, -0.25) is 9.59 Å². The van der Waals surface area contributed by atoms with Crippen LogP contribution < -0.4 is 0 Å². The molecule has 0 bridgehead atoms. The molecule has 1 atom stereocenters. The number of carbonyl (C=O) groups is 2. The van der Waals surface area contributed by atoms with Gasteiger partial charge in [0.25, 0.3) is 0 Å². The van der Waals surface area contributed by atoms with Crippen LogP contribution in [0.1, 0.15) is 213 Å². The Morgan fingerprint density at radius 3 is 1.18 bits per heavy atom. The Bertz CT molecular complexity index is 1020. The minimum absolute atomic E-state index is 0.0654. The Morgan fingerprint density at radius 2 is 0.750 bits per heavy atom. The standard InChI is InChI=1S/C51H88O5/c1-4-7-10-13-16-19-22-25-28-31-34-37-40-43-46-54-47-49(56-51(53)45-42-39-36-33-30-27-24-21-18-15-12-9-6-3)48-55-50(52)44-41-38-35-32-29-26-23-20-17-14-11-8-5-2/h10-15,19-24,49H,4-9,16-18,25-48H2,1-3H3/b13-10-,14-11-,15-12-,22-19-,23-20-,24-21-. The number of hydrogen-bond donors (Lipinski definition) is 0. The summed E-state index contributed by atoms with van der Waals surface area (Å²) in [6.45, 7) is 7.58. The van der Waals surface area contributed by atoms with Crippen molar-refractivity contribution in [2.24, 2.45) is 0 Å². The van der Waals surface area contributed by atoms with E-state index in [1.807, 2.05) is 0 Å². The first kappa shape index (κ1) is 53.3. The van der Waals surface area contributed by atoms with E-state index >= 15 is 0 Å². The van der Waals surface area contributed by atoms with Gasteiger partial charge in [-0.15, -0.1) is 0 Å². The first-order chi connectivity index (χ1) is 27.6. The molecule has 0 radical (unpaired) electrons. The van der Waals surface area contributed by atoms with Gasteiger partial charge >= 0.3 is 11.9 Å². The number of allylic oxidation sites excluding steroid dienone is 12. The zero-order valence-corrected chi connectivity index (χ0v) is 36.9. The van der Waals surface area contributed by atoms with Gasteiger partial charge in [-0.25, -0.2) is 0 Å². The smallest absolute Gasteiger partial charge is 0.306 e. The summed E-state index contributed by atoms with van der Waals surface area (Å²) in [5.74, 6) is -0.438. The molecule has 0 saturated carbocycles. The molecule has 0 heterocycles. The number of esters is 2. The largest absolute Gasteiger partial charge is 0.462 e. The maximum Gasteiger partial charge on any atom is 0.306 e. The maximum absolute atomic E-state index is 12.7. The van der Waals surface area contributed by atoms with Crippen molar-refractivity contribution >= 4 is 11.9 Å². The molecule has 0 aliphatic heterocycles. The van der Waals surface area contributed by atoms with E-state index < -0.39 is 6.10 Å². The average molecular weight is 781 g/mol. The molecule has 5 heteroatoms. The highest BCUT2D eigenvalue weighted by Gasteiger charge is 2.17. The van der Waals surface area contributed by atoms with Crippen molar-refractivity contribution in [3.63, 3.8) is 0 Å². The lowest BCUT2D eigenvalue weighted by Crippen LogP contribution is -2.30. The van der Waals surface area contributed by atoms with Crippen LogP contribution >= 0.6 is 0 Å². The minimum Gasteiger partial charge on any atom is -0.462 e. The second-order valence-electron chi connectivity index (χ2n) is 15.3. The SMILES string of the molecule is CCC/C=C\C/C=C\CCCCCCCCOCC(COC(=O)CCCCCCC/C=C\C/C=C\CCC)OC(=O)CCCCCCC/C=C\C/C=C\CCC. The summed E-state index contributed by atoms with van der Waals surface area (Å²) in [4.78, 5) is 25.3. The van der Waals surface area contributed by atoms with Gasteiger partial charge in [0.2, 0.25) is 0 Å². The third-order valence-corrected chi connectivity index (χ3v) is 9.63. The number of carbonyl (C=O) groups excluding carboxylic acids is 2. The molecule has 0 rings (SSSR count). The molecule has 0 fully saturated rings. The first-order valence-corrected chi connectivity index (χ1v) is 23.5. The fourth-order valence-electron chi connectivity index (χ4n) is 6.15. The highest BCUT2D eigenvalue weighted by Crippen LogP contribution is 2.13. The summed E-state index contributed by atoms with van der Waals surface area (Å²) in [5, 5.41) is 0. The maximum atomic E-state index is 12.7. The van der Waals surface area contributed by atoms with Crippen molar-refractivity contribution in [1.82, 2.24) is 0 Å². The quantitative estimate of drug-likeness (QED) is 0.0351. The molecule has 0 aromatic rings. The van der Waals surface area contributed by atoms with Crippen LogP contribution in [0.2, 0.25) is 0 Å². The number of hydrogen-bond acceptors (Lipinski definition) is 5. The van der Waals surface area contributed by atoms with Crippen molar-refractivity contribution in [2.75, 3.05) is 19.8 Å². The predicted octanol–water partition coefficient (Wildman–Crippen LogP) is 15.6. The van der Waals surface area contributed by atoms with Crippen LogP contribution in [0.3, 0.4) is 0 Å². The number of rotatable bonds is 42. The number of unbranched alkanes of at least 4 members (excludes halogenated alkanes) is 19. The molecule has 322 valence electrons. The molecule has 0 amide bonds. The summed E-state index contributed by atoms with van der Waals surface area (Å²) < 4.78 is 17.3. The summed E-state index contributed by atoms with van der Waals surface area (Å²) in [6, 6.07) is 0. The molecule has 1 unspecified atom stereocenters. The molecule has 0 aliphatic rings. The van der Waals surface area contributed by atoms with E-state index in [2.05, 4.69) is 93.7 Å². The lowest BCUT2D eigenvalue weighted by atomic mass is 10.1. The lowest BCUT2D eigenvalue weighted by molar-refractivity contribution is -0.163. The second-order valence-corrected chi connectivity index (χ2v) is 15.3. The van der Waals surface area contributed by atoms with Crippen LogP contribution in [-0.4, -0.2) is 37.9 Å². The Labute approximate surface area is 347 Å². The van der Waals surface area contributed by atoms with E-state index in [9.17, 15) is 9.59 Å². The highest BCUT2D eigenvalue weighted by molar-refractivity contribution is 5.70. The van der Waals surface area contributed by atoms with E-state index in [0.29, 0.717) is 19.4 Å². The third-order valence-electron chi connectivity index (χ3n) is 9.63. The monoisotopic (exact) mass is 781 g/mol. The van der Waals surface area contributed by atoms with E-state index in [4.69, 9.17) is 14.2 Å². The van der Waals surface area contributed by atoms with Gasteiger partial charge in [0.05, 0.1) is 6.61 Å². The van der Waals surface area contributed by atoms with Crippen molar-refractivity contribution in [1.29, 1.82) is 0 Å². The summed E-state index contributed by atoms with van der Waals surface area (Å²) in [6.07, 6.45) is 58.9. The molecule has 0 N–H and O–H groups in total. The van der Waals surface area contributed by atoms with E-state index in [0.717, 1.165) is 96.3 Å². The van der Waals surface area contributed by atoms with Gasteiger partial charge in [-0.05, 0) is 96.3 Å². The summed E-state index contributed by atoms with van der Waals surface area (Å²) in [5.41, 5.74) is 0. The molecule has 0 aliphatic carbocycles. The fraction of sp³-hybridized carbons (Fsp3) is 0.725. The molecule has 0 aromatic heterocycles. The van der Waals surface area contributed by atoms with Gasteiger partial charge in [0.1, 0.15) is 6.61 Å². The first-order valence-electron chi connectivity index (χ1n) is 23.5. The molecular formula is C51H88O5. The van der Waals surface area contributed by atoms with E-state index in [-0.39, 0.29) is 25.2 Å². The van der Waals surface area contributed by atoms with Crippen molar-refractivity contribution < 1.29 is 23.8 Å². The van der Waals surface area contributed by atoms with Crippen molar-refractivity contribution in [3.8, 4) is 0 Å². The topological polar surface area (TPSA) is 61.8 Å². The fourth-order valence-corrected chi connectivity index (χ4v) is 6.15. The van der Waals surface area contributed by atoms with Crippen LogP contribution in [0.25, 0.3) is 0 Å². The molecule has 56 heavy (non-hydrogen) atoms. The molecular weight excluding hydrogens is 693 g/mol. The van der Waals surface area contributed by atoms with E-state index in [1.54, 1.807) is 0 Å². The third kappa shape index (κ3) is 44.1. The average Bonchev–Trinajstić information content (AvgIpc) is 3.20. The number of ether oxygens (including phenoxy) is 3. The van der Waals surface area contributed by atoms with Crippen molar-refractivity contribution in [3.05, 3.63) is 72.9 Å². The predicted molar refractivity (Wildman–Crippen MR) is 242 cm³/mol. The zero-order valence-electron chi connectivity index (χ0n) is 36.9. The molecule has 0 spiro atoms. The molecule has 0 saturated heterocycles. The zero-order chi connectivity index (χ0) is 40.7. The van der Waals surface area contributed by atoms with Gasteiger partial charge in [-0.1, -0.05) is 177 Å². The van der Waals surface area contributed by atoms with Gasteiger partial charge < -0.3 is 14.2 Å². The second kappa shape index (κ2) is 46.7. The van der Waals surface area contributed by atoms with Gasteiger partial charge in [-0.2, -0.15) is 0 Å². The molecule has 5 nitrogen and oxygen atoms in total. The summed E-state index contributed by atoms with van der Waals surface area (Å²) in [7, 11) is 0. The normalized spacial score (nSPS) is 12.8. The van der Waals surface area contributed by atoms with Crippen molar-refractivity contribution in [2.45, 2.75) is 219 Å². The molecule has 0 aromatic carbocycles. The lowest BCUT2D eigenvalue weighted by Gasteiger charge is -2.18.